The van der Waals surface area contributed by atoms with E-state index < -0.39 is 0 Å². The monoisotopic (exact) mass is 266 g/mol. The maximum atomic E-state index is 11.9. The van der Waals surface area contributed by atoms with Gasteiger partial charge in [0.05, 0.1) is 14.2 Å². The molecule has 1 aromatic rings. The zero-order chi connectivity index (χ0) is 14.3. The molecule has 0 aliphatic heterocycles. The van der Waals surface area contributed by atoms with Gasteiger partial charge in [-0.05, 0) is 13.5 Å². The predicted molar refractivity (Wildman–Crippen MR) is 75.9 cm³/mol. The number of carbonyl (C=O) groups is 1. The number of benzene rings is 1. The largest absolute Gasteiger partial charge is 0.497 e. The molecule has 0 saturated heterocycles. The highest BCUT2D eigenvalue weighted by atomic mass is 16.5. The van der Waals surface area contributed by atoms with Crippen molar-refractivity contribution in [3.63, 3.8) is 0 Å². The van der Waals surface area contributed by atoms with Crippen molar-refractivity contribution >= 4 is 11.6 Å². The highest BCUT2D eigenvalue weighted by Gasteiger charge is 2.09. The highest BCUT2D eigenvalue weighted by Crippen LogP contribution is 2.25. The van der Waals surface area contributed by atoms with Crippen molar-refractivity contribution in [2.45, 2.75) is 26.3 Å². The smallest absolute Gasteiger partial charge is 0.225 e. The van der Waals surface area contributed by atoms with Gasteiger partial charge in [-0.2, -0.15) is 0 Å². The number of methoxy groups -OCH3 is 2. The third-order valence-electron chi connectivity index (χ3n) is 2.68. The standard InChI is InChI=1S/C14H22N2O3/c1-5-15-10(2)6-14(17)16-11-7-12(18-3)9-13(8-11)19-4/h7-10,15H,5-6H2,1-4H3,(H,16,17). The highest BCUT2D eigenvalue weighted by molar-refractivity contribution is 5.91. The summed E-state index contributed by atoms with van der Waals surface area (Å²) in [5.74, 6) is 1.26. The molecule has 0 aliphatic rings. The number of ether oxygens (including phenoxy) is 2. The lowest BCUT2D eigenvalue weighted by Gasteiger charge is -2.13. The summed E-state index contributed by atoms with van der Waals surface area (Å²) < 4.78 is 10.3. The van der Waals surface area contributed by atoms with E-state index in [0.29, 0.717) is 23.6 Å². The minimum absolute atomic E-state index is 0.0382. The zero-order valence-electron chi connectivity index (χ0n) is 11.9. The van der Waals surface area contributed by atoms with Gasteiger partial charge < -0.3 is 20.1 Å². The topological polar surface area (TPSA) is 59.6 Å². The Balaban J connectivity index is 2.67. The SMILES string of the molecule is CCNC(C)CC(=O)Nc1cc(OC)cc(OC)c1. The van der Waals surface area contributed by atoms with Crippen LogP contribution in [0.1, 0.15) is 20.3 Å². The van der Waals surface area contributed by atoms with E-state index in [0.717, 1.165) is 6.54 Å². The van der Waals surface area contributed by atoms with Gasteiger partial charge in [0.25, 0.3) is 0 Å². The van der Waals surface area contributed by atoms with Crippen LogP contribution in [0.3, 0.4) is 0 Å². The van der Waals surface area contributed by atoms with Gasteiger partial charge >= 0.3 is 0 Å². The average Bonchev–Trinajstić information content (AvgIpc) is 2.38. The molecule has 1 aromatic carbocycles. The Bertz CT molecular complexity index is 399. The summed E-state index contributed by atoms with van der Waals surface area (Å²) in [6.45, 7) is 4.85. The second-order valence-electron chi connectivity index (χ2n) is 4.31. The van der Waals surface area contributed by atoms with Crippen LogP contribution in [-0.2, 0) is 4.79 Å². The maximum Gasteiger partial charge on any atom is 0.225 e. The van der Waals surface area contributed by atoms with Crippen LogP contribution in [0.2, 0.25) is 0 Å². The van der Waals surface area contributed by atoms with Gasteiger partial charge in [-0.25, -0.2) is 0 Å². The van der Waals surface area contributed by atoms with Crippen LogP contribution in [0, 0.1) is 0 Å². The molecule has 0 heterocycles. The average molecular weight is 266 g/mol. The van der Waals surface area contributed by atoms with E-state index in [4.69, 9.17) is 9.47 Å². The third kappa shape index (κ3) is 5.18. The first kappa shape index (κ1) is 15.3. The molecule has 19 heavy (non-hydrogen) atoms. The van der Waals surface area contributed by atoms with Gasteiger partial charge in [0.1, 0.15) is 11.5 Å². The molecule has 2 N–H and O–H groups in total. The summed E-state index contributed by atoms with van der Waals surface area (Å²) in [6, 6.07) is 5.44. The van der Waals surface area contributed by atoms with Gasteiger partial charge in [-0.1, -0.05) is 6.92 Å². The molecular formula is C14H22N2O3. The molecule has 1 unspecified atom stereocenters. The minimum Gasteiger partial charge on any atom is -0.497 e. The zero-order valence-corrected chi connectivity index (χ0v) is 11.9. The van der Waals surface area contributed by atoms with Crippen LogP contribution >= 0.6 is 0 Å². The van der Waals surface area contributed by atoms with E-state index in [1.165, 1.54) is 0 Å². The van der Waals surface area contributed by atoms with Crippen LogP contribution in [0.5, 0.6) is 11.5 Å². The van der Waals surface area contributed by atoms with Crippen LogP contribution in [0.15, 0.2) is 18.2 Å². The molecular weight excluding hydrogens is 244 g/mol. The van der Waals surface area contributed by atoms with Crippen molar-refractivity contribution in [1.29, 1.82) is 0 Å². The van der Waals surface area contributed by atoms with Crippen molar-refractivity contribution in [3.05, 3.63) is 18.2 Å². The van der Waals surface area contributed by atoms with Crippen molar-refractivity contribution < 1.29 is 14.3 Å². The van der Waals surface area contributed by atoms with E-state index in [2.05, 4.69) is 10.6 Å². The normalized spacial score (nSPS) is 11.8. The number of rotatable bonds is 7. The summed E-state index contributed by atoms with van der Waals surface area (Å²) in [5, 5.41) is 6.04. The van der Waals surface area contributed by atoms with Crippen LogP contribution in [0.25, 0.3) is 0 Å². The summed E-state index contributed by atoms with van der Waals surface area (Å²) in [6.07, 6.45) is 0.424. The van der Waals surface area contributed by atoms with Crippen LogP contribution in [0.4, 0.5) is 5.69 Å². The predicted octanol–water partition coefficient (Wildman–Crippen LogP) is 2.03. The lowest BCUT2D eigenvalue weighted by molar-refractivity contribution is -0.116. The first-order valence-corrected chi connectivity index (χ1v) is 6.35. The molecule has 1 rings (SSSR count). The van der Waals surface area contributed by atoms with Gasteiger partial charge in [-0.3, -0.25) is 4.79 Å². The fourth-order valence-corrected chi connectivity index (χ4v) is 1.79. The second-order valence-corrected chi connectivity index (χ2v) is 4.31. The van der Waals surface area contributed by atoms with Crippen molar-refractivity contribution in [2.75, 3.05) is 26.1 Å². The third-order valence-corrected chi connectivity index (χ3v) is 2.68. The first-order valence-electron chi connectivity index (χ1n) is 6.35. The second kappa shape index (κ2) is 7.63. The van der Waals surface area contributed by atoms with E-state index in [1.807, 2.05) is 13.8 Å². The van der Waals surface area contributed by atoms with Crippen molar-refractivity contribution in [1.82, 2.24) is 5.32 Å². The number of nitrogens with one attached hydrogen (secondary N) is 2. The number of hydrogen-bond donors (Lipinski definition) is 2. The Morgan fingerprint density at radius 1 is 1.21 bits per heavy atom. The van der Waals surface area contributed by atoms with Gasteiger partial charge in [0, 0.05) is 36.3 Å². The number of anilines is 1. The lowest BCUT2D eigenvalue weighted by atomic mass is 10.2. The Hall–Kier alpha value is -1.75. The summed E-state index contributed by atoms with van der Waals surface area (Å²) in [5.41, 5.74) is 0.671. The molecule has 5 nitrogen and oxygen atoms in total. The molecule has 0 fully saturated rings. The van der Waals surface area contributed by atoms with E-state index >= 15 is 0 Å². The Labute approximate surface area is 114 Å². The van der Waals surface area contributed by atoms with E-state index in [1.54, 1.807) is 32.4 Å². The maximum absolute atomic E-state index is 11.9. The Kier molecular flexibility index (Phi) is 6.15. The molecule has 0 bridgehead atoms. The number of carbonyl (C=O) groups excluding carboxylic acids is 1. The summed E-state index contributed by atoms with van der Waals surface area (Å²) in [7, 11) is 3.15. The summed E-state index contributed by atoms with van der Waals surface area (Å²) in [4.78, 5) is 11.9. The van der Waals surface area contributed by atoms with Crippen molar-refractivity contribution in [3.8, 4) is 11.5 Å². The first-order chi connectivity index (χ1) is 9.08. The Morgan fingerprint density at radius 2 is 1.79 bits per heavy atom. The van der Waals surface area contributed by atoms with Crippen LogP contribution in [-0.4, -0.2) is 32.7 Å². The van der Waals surface area contributed by atoms with Crippen LogP contribution < -0.4 is 20.1 Å². The molecule has 0 saturated carbocycles. The fraction of sp³-hybridized carbons (Fsp3) is 0.500. The molecule has 1 amide bonds. The van der Waals surface area contributed by atoms with E-state index in [-0.39, 0.29) is 11.9 Å². The molecule has 5 heteroatoms. The van der Waals surface area contributed by atoms with Crippen molar-refractivity contribution in [2.24, 2.45) is 0 Å². The number of amides is 1. The fourth-order valence-electron chi connectivity index (χ4n) is 1.79. The molecule has 0 spiro atoms. The van der Waals surface area contributed by atoms with Gasteiger partial charge in [0.2, 0.25) is 5.91 Å². The summed E-state index contributed by atoms with van der Waals surface area (Å²) >= 11 is 0. The molecule has 0 aromatic heterocycles. The molecule has 0 aliphatic carbocycles. The van der Waals surface area contributed by atoms with E-state index in [9.17, 15) is 4.79 Å². The Morgan fingerprint density at radius 3 is 2.26 bits per heavy atom. The van der Waals surface area contributed by atoms with Gasteiger partial charge in [-0.15, -0.1) is 0 Å². The molecule has 1 atom stereocenters. The quantitative estimate of drug-likeness (QED) is 0.793. The number of hydrogen-bond acceptors (Lipinski definition) is 4. The van der Waals surface area contributed by atoms with Gasteiger partial charge in [0.15, 0.2) is 0 Å². The minimum atomic E-state index is -0.0382. The molecule has 106 valence electrons. The molecule has 0 radical (unpaired) electrons. The lowest BCUT2D eigenvalue weighted by Crippen LogP contribution is -2.30.